The molecule has 0 spiro atoms. The lowest BCUT2D eigenvalue weighted by molar-refractivity contribution is 0.371. The van der Waals surface area contributed by atoms with Crippen LogP contribution >= 0.6 is 0 Å². The first-order valence-corrected chi connectivity index (χ1v) is 6.45. The number of hydrogen-bond donors (Lipinski definition) is 1. The van der Waals surface area contributed by atoms with E-state index in [0.717, 1.165) is 17.7 Å². The first-order valence-electron chi connectivity index (χ1n) is 6.45. The van der Waals surface area contributed by atoms with Gasteiger partial charge in [-0.2, -0.15) is 5.10 Å². The molecule has 0 atom stereocenters. The van der Waals surface area contributed by atoms with Crippen LogP contribution in [0.25, 0.3) is 0 Å². The minimum Gasteiger partial charge on any atom is -0.493 e. The number of hydrogen-bond acceptors (Lipinski definition) is 2. The van der Waals surface area contributed by atoms with E-state index >= 15 is 0 Å². The molecule has 1 aromatic heterocycles. The molecular formula is C14H26N2O. The Morgan fingerprint density at radius 3 is 2.06 bits per heavy atom. The highest BCUT2D eigenvalue weighted by molar-refractivity contribution is 5.35. The van der Waals surface area contributed by atoms with Crippen molar-refractivity contribution in [1.29, 1.82) is 0 Å². The van der Waals surface area contributed by atoms with Gasteiger partial charge in [0.05, 0.1) is 11.7 Å². The van der Waals surface area contributed by atoms with Gasteiger partial charge < -0.3 is 5.11 Å². The first-order chi connectivity index (χ1) is 7.64. The van der Waals surface area contributed by atoms with E-state index < -0.39 is 0 Å². The Morgan fingerprint density at radius 1 is 1.18 bits per heavy atom. The van der Waals surface area contributed by atoms with Crippen LogP contribution in [0.2, 0.25) is 0 Å². The van der Waals surface area contributed by atoms with E-state index in [9.17, 15) is 5.11 Å². The van der Waals surface area contributed by atoms with Crippen LogP contribution in [0.5, 0.6) is 5.88 Å². The van der Waals surface area contributed by atoms with E-state index in [2.05, 4.69) is 39.7 Å². The fraction of sp³-hybridized carbons (Fsp3) is 0.786. The Labute approximate surface area is 105 Å². The third kappa shape index (κ3) is 3.02. The van der Waals surface area contributed by atoms with Crippen LogP contribution in [-0.4, -0.2) is 14.9 Å². The van der Waals surface area contributed by atoms with Crippen LogP contribution in [0.15, 0.2) is 0 Å². The summed E-state index contributed by atoms with van der Waals surface area (Å²) in [6, 6.07) is 0.192. The maximum atomic E-state index is 10.3. The zero-order valence-electron chi connectivity index (χ0n) is 12.2. The lowest BCUT2D eigenvalue weighted by Gasteiger charge is -2.18. The maximum Gasteiger partial charge on any atom is 0.213 e. The summed E-state index contributed by atoms with van der Waals surface area (Å²) in [5.74, 6) is 0.866. The minimum atomic E-state index is -0.0259. The van der Waals surface area contributed by atoms with Crippen molar-refractivity contribution in [3.8, 4) is 5.88 Å². The van der Waals surface area contributed by atoms with Crippen molar-refractivity contribution in [2.24, 2.45) is 5.92 Å². The van der Waals surface area contributed by atoms with Crippen LogP contribution in [0, 0.1) is 5.92 Å². The molecule has 0 fully saturated rings. The van der Waals surface area contributed by atoms with Gasteiger partial charge in [0.15, 0.2) is 0 Å². The number of aromatic hydroxyl groups is 1. The third-order valence-electron chi connectivity index (χ3n) is 2.79. The normalized spacial score (nSPS) is 12.8. The Bertz CT molecular complexity index is 384. The van der Waals surface area contributed by atoms with Crippen LogP contribution in [0.4, 0.5) is 0 Å². The Balaban J connectivity index is 3.32. The topological polar surface area (TPSA) is 38.0 Å². The fourth-order valence-electron chi connectivity index (χ4n) is 2.02. The second-order valence-electron chi connectivity index (χ2n) is 6.54. The van der Waals surface area contributed by atoms with Crippen molar-refractivity contribution < 1.29 is 5.11 Å². The van der Waals surface area contributed by atoms with E-state index in [4.69, 9.17) is 0 Å². The lowest BCUT2D eigenvalue weighted by Crippen LogP contribution is -2.16. The van der Waals surface area contributed by atoms with Crippen molar-refractivity contribution in [2.75, 3.05) is 0 Å². The van der Waals surface area contributed by atoms with Crippen molar-refractivity contribution in [3.05, 3.63) is 11.3 Å². The maximum absolute atomic E-state index is 10.3. The summed E-state index contributed by atoms with van der Waals surface area (Å²) in [5, 5.41) is 14.9. The van der Waals surface area contributed by atoms with E-state index in [-0.39, 0.29) is 11.5 Å². The fourth-order valence-corrected chi connectivity index (χ4v) is 2.02. The van der Waals surface area contributed by atoms with Gasteiger partial charge in [-0.1, -0.05) is 34.6 Å². The molecule has 0 aromatic carbocycles. The molecule has 0 saturated heterocycles. The van der Waals surface area contributed by atoms with Crippen LogP contribution in [-0.2, 0) is 11.8 Å². The van der Waals surface area contributed by atoms with Crippen molar-refractivity contribution in [3.63, 3.8) is 0 Å². The molecule has 1 heterocycles. The largest absolute Gasteiger partial charge is 0.493 e. The van der Waals surface area contributed by atoms with Crippen LogP contribution in [0.1, 0.15) is 65.8 Å². The predicted molar refractivity (Wildman–Crippen MR) is 71.5 cm³/mol. The van der Waals surface area contributed by atoms with Crippen LogP contribution in [0.3, 0.4) is 0 Å². The van der Waals surface area contributed by atoms with Crippen LogP contribution < -0.4 is 0 Å². The number of rotatable bonds is 3. The van der Waals surface area contributed by atoms with Gasteiger partial charge in [0.25, 0.3) is 0 Å². The molecule has 98 valence electrons. The molecule has 17 heavy (non-hydrogen) atoms. The van der Waals surface area contributed by atoms with Gasteiger partial charge in [-0.3, -0.25) is 0 Å². The average Bonchev–Trinajstić information content (AvgIpc) is 2.42. The molecule has 0 unspecified atom stereocenters. The Morgan fingerprint density at radius 2 is 1.71 bits per heavy atom. The van der Waals surface area contributed by atoms with Gasteiger partial charge in [0.2, 0.25) is 5.88 Å². The summed E-state index contributed by atoms with van der Waals surface area (Å²) in [7, 11) is 0. The Kier molecular flexibility index (Phi) is 3.90. The second kappa shape index (κ2) is 4.71. The highest BCUT2D eigenvalue weighted by Gasteiger charge is 2.27. The minimum absolute atomic E-state index is 0.0259. The third-order valence-corrected chi connectivity index (χ3v) is 2.79. The molecule has 3 nitrogen and oxygen atoms in total. The van der Waals surface area contributed by atoms with Gasteiger partial charge in [-0.15, -0.1) is 0 Å². The molecule has 0 aliphatic carbocycles. The zero-order valence-corrected chi connectivity index (χ0v) is 12.2. The predicted octanol–water partition coefficient (Wildman–Crippen LogP) is 3.67. The molecule has 1 N–H and O–H groups in total. The van der Waals surface area contributed by atoms with Gasteiger partial charge >= 0.3 is 0 Å². The van der Waals surface area contributed by atoms with Crippen molar-refractivity contribution in [1.82, 2.24) is 9.78 Å². The smallest absolute Gasteiger partial charge is 0.213 e. The van der Waals surface area contributed by atoms with E-state index in [1.54, 1.807) is 4.68 Å². The first kappa shape index (κ1) is 14.1. The zero-order chi connectivity index (χ0) is 13.4. The van der Waals surface area contributed by atoms with E-state index in [1.165, 1.54) is 0 Å². The molecule has 0 aliphatic heterocycles. The highest BCUT2D eigenvalue weighted by atomic mass is 16.3. The van der Waals surface area contributed by atoms with Crippen molar-refractivity contribution >= 4 is 0 Å². The summed E-state index contributed by atoms with van der Waals surface area (Å²) in [6.45, 7) is 14.8. The SMILES string of the molecule is CC(C)Cc1c(C(C)(C)C)nn(C(C)C)c1O. The lowest BCUT2D eigenvalue weighted by atomic mass is 9.87. The summed E-state index contributed by atoms with van der Waals surface area (Å²) in [4.78, 5) is 0. The molecule has 3 heteroatoms. The Hall–Kier alpha value is -0.990. The summed E-state index contributed by atoms with van der Waals surface area (Å²) in [6.07, 6.45) is 0.880. The number of aromatic nitrogens is 2. The van der Waals surface area contributed by atoms with Gasteiger partial charge in [0.1, 0.15) is 0 Å². The number of nitrogens with zero attached hydrogens (tertiary/aromatic N) is 2. The van der Waals surface area contributed by atoms with Gasteiger partial charge in [-0.25, -0.2) is 4.68 Å². The molecule has 0 bridgehead atoms. The molecule has 0 saturated carbocycles. The molecule has 1 aromatic rings. The molecular weight excluding hydrogens is 212 g/mol. The quantitative estimate of drug-likeness (QED) is 0.872. The monoisotopic (exact) mass is 238 g/mol. The summed E-state index contributed by atoms with van der Waals surface area (Å²) < 4.78 is 1.73. The summed E-state index contributed by atoms with van der Waals surface area (Å²) in [5.41, 5.74) is 2.01. The second-order valence-corrected chi connectivity index (χ2v) is 6.54. The van der Waals surface area contributed by atoms with Gasteiger partial charge in [-0.05, 0) is 26.2 Å². The highest BCUT2D eigenvalue weighted by Crippen LogP contribution is 2.34. The summed E-state index contributed by atoms with van der Waals surface area (Å²) >= 11 is 0. The molecule has 0 aliphatic rings. The van der Waals surface area contributed by atoms with Crippen molar-refractivity contribution in [2.45, 2.75) is 66.3 Å². The molecule has 1 rings (SSSR count). The van der Waals surface area contributed by atoms with Gasteiger partial charge in [0, 0.05) is 11.0 Å². The molecule has 0 amide bonds. The average molecular weight is 238 g/mol. The van der Waals surface area contributed by atoms with E-state index in [1.807, 2.05) is 13.8 Å². The van der Waals surface area contributed by atoms with E-state index in [0.29, 0.717) is 11.8 Å². The molecule has 0 radical (unpaired) electrons. The standard InChI is InChI=1S/C14H26N2O/c1-9(2)8-11-12(14(5,6)7)15-16(10(3)4)13(11)17/h9-10,17H,8H2,1-7H3.